The molecule has 8 heteroatoms. The first kappa shape index (κ1) is 22.1. The molecule has 0 unspecified atom stereocenters. The first-order chi connectivity index (χ1) is 14.0. The van der Waals surface area contributed by atoms with E-state index in [-0.39, 0.29) is 12.0 Å². The normalized spacial score (nSPS) is 20.9. The summed E-state index contributed by atoms with van der Waals surface area (Å²) in [5.74, 6) is 0.494. The van der Waals surface area contributed by atoms with E-state index in [2.05, 4.69) is 10.2 Å². The third-order valence-electron chi connectivity index (χ3n) is 5.95. The largest absolute Gasteiger partial charge is 0.372 e. The molecule has 2 aliphatic heterocycles. The molecule has 1 aromatic carbocycles. The number of amides is 1. The summed E-state index contributed by atoms with van der Waals surface area (Å²) < 4.78 is 32.1. The average Bonchev–Trinajstić information content (AvgIpc) is 3.28. The number of ether oxygens (including phenoxy) is 1. The van der Waals surface area contributed by atoms with Crippen molar-refractivity contribution >= 4 is 21.6 Å². The zero-order valence-electron chi connectivity index (χ0n) is 17.5. The quantitative estimate of drug-likeness (QED) is 0.694. The summed E-state index contributed by atoms with van der Waals surface area (Å²) in [7, 11) is -3.42. The molecular weight excluding hydrogens is 390 g/mol. The fourth-order valence-corrected chi connectivity index (χ4v) is 5.54. The lowest BCUT2D eigenvalue weighted by Gasteiger charge is -2.34. The molecule has 162 valence electrons. The highest BCUT2D eigenvalue weighted by atomic mass is 32.2. The van der Waals surface area contributed by atoms with Crippen LogP contribution in [0.3, 0.4) is 0 Å². The van der Waals surface area contributed by atoms with Crippen LogP contribution in [0.1, 0.15) is 39.5 Å². The summed E-state index contributed by atoms with van der Waals surface area (Å²) in [6.45, 7) is 7.84. The Kier molecular flexibility index (Phi) is 7.54. The minimum Gasteiger partial charge on any atom is -0.372 e. The van der Waals surface area contributed by atoms with Crippen LogP contribution in [0.2, 0.25) is 0 Å². The Morgan fingerprint density at radius 3 is 2.34 bits per heavy atom. The molecule has 2 aliphatic rings. The van der Waals surface area contributed by atoms with Crippen LogP contribution >= 0.6 is 0 Å². The Hall–Kier alpha value is -1.64. The second kappa shape index (κ2) is 9.91. The highest BCUT2D eigenvalue weighted by Gasteiger charge is 2.26. The lowest BCUT2D eigenvalue weighted by molar-refractivity contribution is -0.130. The monoisotopic (exact) mass is 423 g/mol. The highest BCUT2D eigenvalue weighted by molar-refractivity contribution is 7.89. The van der Waals surface area contributed by atoms with Crippen molar-refractivity contribution in [3.05, 3.63) is 24.3 Å². The van der Waals surface area contributed by atoms with E-state index >= 15 is 0 Å². The number of piperidine rings is 1. The lowest BCUT2D eigenvalue weighted by atomic mass is 9.96. The van der Waals surface area contributed by atoms with E-state index in [1.807, 2.05) is 26.0 Å². The lowest BCUT2D eigenvalue weighted by Crippen LogP contribution is -2.41. The molecule has 0 aromatic heterocycles. The summed E-state index contributed by atoms with van der Waals surface area (Å²) >= 11 is 0. The van der Waals surface area contributed by atoms with Gasteiger partial charge in [-0.25, -0.2) is 8.42 Å². The van der Waals surface area contributed by atoms with Crippen molar-refractivity contribution in [1.82, 2.24) is 9.62 Å². The van der Waals surface area contributed by atoms with Crippen molar-refractivity contribution in [2.45, 2.75) is 50.5 Å². The number of carbonyl (C=O) groups excluding carboxylic acids is 1. The summed E-state index contributed by atoms with van der Waals surface area (Å²) in [4.78, 5) is 14.7. The SMILES string of the molecule is CCN(CC)S(=O)(=O)c1ccc(N2CCC(CNC(=O)[C@@H]3CCCO3)CC2)cc1. The van der Waals surface area contributed by atoms with Gasteiger partial charge >= 0.3 is 0 Å². The summed E-state index contributed by atoms with van der Waals surface area (Å²) in [5, 5.41) is 3.04. The molecule has 1 amide bonds. The fraction of sp³-hybridized carbons (Fsp3) is 0.667. The van der Waals surface area contributed by atoms with Gasteiger partial charge in [-0.2, -0.15) is 4.31 Å². The fourth-order valence-electron chi connectivity index (χ4n) is 4.08. The Labute approximate surface area is 174 Å². The van der Waals surface area contributed by atoms with Crippen LogP contribution in [-0.4, -0.2) is 64.1 Å². The number of carbonyl (C=O) groups is 1. The van der Waals surface area contributed by atoms with Crippen LogP contribution in [0.4, 0.5) is 5.69 Å². The zero-order valence-corrected chi connectivity index (χ0v) is 18.3. The number of sulfonamides is 1. The zero-order chi connectivity index (χ0) is 20.9. The average molecular weight is 424 g/mol. The smallest absolute Gasteiger partial charge is 0.249 e. The van der Waals surface area contributed by atoms with Gasteiger partial charge in [0.2, 0.25) is 15.9 Å². The van der Waals surface area contributed by atoms with Gasteiger partial charge in [0.25, 0.3) is 0 Å². The maximum Gasteiger partial charge on any atom is 0.249 e. The predicted octanol–water partition coefficient (Wildman–Crippen LogP) is 2.23. The van der Waals surface area contributed by atoms with Gasteiger partial charge in [0.1, 0.15) is 6.10 Å². The number of anilines is 1. The second-order valence-electron chi connectivity index (χ2n) is 7.76. The number of hydrogen-bond acceptors (Lipinski definition) is 5. The molecule has 3 rings (SSSR count). The van der Waals surface area contributed by atoms with E-state index in [0.717, 1.165) is 44.5 Å². The van der Waals surface area contributed by atoms with Gasteiger partial charge in [0.15, 0.2) is 0 Å². The molecule has 7 nitrogen and oxygen atoms in total. The van der Waals surface area contributed by atoms with Crippen LogP contribution in [0, 0.1) is 5.92 Å². The predicted molar refractivity (Wildman–Crippen MR) is 113 cm³/mol. The number of nitrogens with one attached hydrogen (secondary N) is 1. The molecule has 1 aromatic rings. The Balaban J connectivity index is 1.50. The molecule has 2 heterocycles. The van der Waals surface area contributed by atoms with Crippen LogP contribution in [-0.2, 0) is 19.6 Å². The molecule has 1 N–H and O–H groups in total. The van der Waals surface area contributed by atoms with Crippen molar-refractivity contribution in [3.8, 4) is 0 Å². The van der Waals surface area contributed by atoms with Gasteiger partial charge in [-0.05, 0) is 55.9 Å². The first-order valence-corrected chi connectivity index (χ1v) is 12.1. The van der Waals surface area contributed by atoms with E-state index in [9.17, 15) is 13.2 Å². The Morgan fingerprint density at radius 1 is 1.14 bits per heavy atom. The van der Waals surface area contributed by atoms with Crippen molar-refractivity contribution in [1.29, 1.82) is 0 Å². The molecular formula is C21H33N3O4S. The Bertz CT molecular complexity index is 764. The third-order valence-corrected chi connectivity index (χ3v) is 8.01. The maximum absolute atomic E-state index is 12.6. The van der Waals surface area contributed by atoms with Crippen molar-refractivity contribution in [2.24, 2.45) is 5.92 Å². The van der Waals surface area contributed by atoms with Gasteiger partial charge in [-0.3, -0.25) is 4.79 Å². The number of rotatable bonds is 8. The maximum atomic E-state index is 12.6. The van der Waals surface area contributed by atoms with Crippen LogP contribution in [0.25, 0.3) is 0 Å². The molecule has 0 radical (unpaired) electrons. The van der Waals surface area contributed by atoms with Crippen molar-refractivity contribution < 1.29 is 17.9 Å². The number of benzene rings is 1. The second-order valence-corrected chi connectivity index (χ2v) is 9.70. The molecule has 0 aliphatic carbocycles. The minimum atomic E-state index is -3.42. The van der Waals surface area contributed by atoms with E-state index in [1.165, 1.54) is 4.31 Å². The highest BCUT2D eigenvalue weighted by Crippen LogP contribution is 2.25. The first-order valence-electron chi connectivity index (χ1n) is 10.7. The van der Waals surface area contributed by atoms with Crippen LogP contribution < -0.4 is 10.2 Å². The van der Waals surface area contributed by atoms with Gasteiger partial charge in [0, 0.05) is 45.0 Å². The van der Waals surface area contributed by atoms with E-state index in [0.29, 0.717) is 37.1 Å². The molecule has 2 fully saturated rings. The third kappa shape index (κ3) is 5.29. The standard InChI is InChI=1S/C21H33N3O4S/c1-3-24(4-2)29(26,27)19-9-7-18(8-10-19)23-13-11-17(12-14-23)16-22-21(25)20-6-5-15-28-20/h7-10,17,20H,3-6,11-16H2,1-2H3,(H,22,25)/t20-/m0/s1. The number of hydrogen-bond donors (Lipinski definition) is 1. The van der Waals surface area contributed by atoms with Gasteiger partial charge < -0.3 is 15.0 Å². The minimum absolute atomic E-state index is 0.0231. The van der Waals surface area contributed by atoms with E-state index < -0.39 is 10.0 Å². The van der Waals surface area contributed by atoms with Gasteiger partial charge in [0.05, 0.1) is 4.90 Å². The summed E-state index contributed by atoms with van der Waals surface area (Å²) in [6, 6.07) is 7.21. The van der Waals surface area contributed by atoms with Crippen molar-refractivity contribution in [3.63, 3.8) is 0 Å². The van der Waals surface area contributed by atoms with Gasteiger partial charge in [-0.15, -0.1) is 0 Å². The molecule has 0 spiro atoms. The van der Waals surface area contributed by atoms with Gasteiger partial charge in [-0.1, -0.05) is 13.8 Å². The van der Waals surface area contributed by atoms with Crippen LogP contribution in [0.15, 0.2) is 29.2 Å². The molecule has 0 bridgehead atoms. The van der Waals surface area contributed by atoms with E-state index in [1.54, 1.807) is 12.1 Å². The topological polar surface area (TPSA) is 79.0 Å². The molecule has 2 saturated heterocycles. The number of nitrogens with zero attached hydrogens (tertiary/aromatic N) is 2. The van der Waals surface area contributed by atoms with E-state index in [4.69, 9.17) is 4.74 Å². The molecule has 29 heavy (non-hydrogen) atoms. The Morgan fingerprint density at radius 2 is 1.79 bits per heavy atom. The molecule has 1 atom stereocenters. The summed E-state index contributed by atoms with van der Waals surface area (Å²) in [5.41, 5.74) is 1.05. The molecule has 0 saturated carbocycles. The van der Waals surface area contributed by atoms with Crippen LogP contribution in [0.5, 0.6) is 0 Å². The van der Waals surface area contributed by atoms with Crippen molar-refractivity contribution in [2.75, 3.05) is 44.2 Å². The summed E-state index contributed by atoms with van der Waals surface area (Å²) in [6.07, 6.45) is 3.54.